The number of carbonyl (C=O) groups is 1. The van der Waals surface area contributed by atoms with Crippen molar-refractivity contribution in [2.75, 3.05) is 0 Å². The van der Waals surface area contributed by atoms with E-state index in [0.29, 0.717) is 0 Å². The number of aromatic nitrogens is 1. The van der Waals surface area contributed by atoms with Crippen molar-refractivity contribution in [1.82, 2.24) is 4.98 Å². The molecule has 0 amide bonds. The van der Waals surface area contributed by atoms with Crippen molar-refractivity contribution in [2.45, 2.75) is 12.8 Å². The van der Waals surface area contributed by atoms with Gasteiger partial charge in [0, 0.05) is 6.07 Å². The zero-order chi connectivity index (χ0) is 14.8. The average molecular weight is 286 g/mol. The Bertz CT molecular complexity index is 517. The van der Waals surface area contributed by atoms with E-state index in [9.17, 15) is 36.9 Å². The highest BCUT2D eigenvalue weighted by atomic mass is 19.4. The summed E-state index contributed by atoms with van der Waals surface area (Å²) in [6.07, 6.45) is -8.98. The van der Waals surface area contributed by atoms with Crippen molar-refractivity contribution in [3.63, 3.8) is 0 Å². The number of hydrogen-bond donors (Lipinski definition) is 0. The number of carbonyl (C=O) groups excluding carboxylic acids is 1. The van der Waals surface area contributed by atoms with Gasteiger partial charge >= 0.3 is 12.0 Å². The van der Waals surface area contributed by atoms with E-state index in [4.69, 9.17) is 0 Å². The SMILES string of the molecule is O=Cc1nc(C(F)F)cc(OC(F)(F)F)c1[N+](=O)[O-]. The molecule has 1 heterocycles. The van der Waals surface area contributed by atoms with E-state index < -0.39 is 40.5 Å². The van der Waals surface area contributed by atoms with Crippen molar-refractivity contribution in [1.29, 1.82) is 0 Å². The Morgan fingerprint density at radius 3 is 2.37 bits per heavy atom. The first-order chi connectivity index (χ1) is 8.65. The molecule has 11 heteroatoms. The van der Waals surface area contributed by atoms with E-state index >= 15 is 0 Å². The van der Waals surface area contributed by atoms with E-state index in [1.807, 2.05) is 0 Å². The average Bonchev–Trinajstić information content (AvgIpc) is 2.24. The van der Waals surface area contributed by atoms with Crippen LogP contribution in [0.4, 0.5) is 27.6 Å². The van der Waals surface area contributed by atoms with Crippen LogP contribution in [0.3, 0.4) is 0 Å². The summed E-state index contributed by atoms with van der Waals surface area (Å²) in [4.78, 5) is 22.5. The summed E-state index contributed by atoms with van der Waals surface area (Å²) in [5.74, 6) is -1.52. The molecule has 0 aliphatic carbocycles. The number of hydrogen-bond acceptors (Lipinski definition) is 5. The molecule has 1 aromatic rings. The summed E-state index contributed by atoms with van der Waals surface area (Å²) in [5, 5.41) is 10.5. The summed E-state index contributed by atoms with van der Waals surface area (Å²) < 4.78 is 64.0. The van der Waals surface area contributed by atoms with Crippen LogP contribution < -0.4 is 4.74 Å². The lowest BCUT2D eigenvalue weighted by Gasteiger charge is -2.11. The minimum atomic E-state index is -5.34. The molecule has 0 N–H and O–H groups in total. The second-order valence-electron chi connectivity index (χ2n) is 3.00. The van der Waals surface area contributed by atoms with E-state index in [0.717, 1.165) is 0 Å². The van der Waals surface area contributed by atoms with Gasteiger partial charge < -0.3 is 4.74 Å². The number of pyridine rings is 1. The normalized spacial score (nSPS) is 11.5. The number of nitro groups is 1. The third-order valence-corrected chi connectivity index (χ3v) is 1.75. The maximum absolute atomic E-state index is 12.3. The molecule has 1 aromatic heterocycles. The molecule has 1 rings (SSSR count). The Morgan fingerprint density at radius 2 is 2.00 bits per heavy atom. The summed E-state index contributed by atoms with van der Waals surface area (Å²) in [7, 11) is 0. The minimum absolute atomic E-state index is 0.0588. The van der Waals surface area contributed by atoms with Crippen LogP contribution in [0, 0.1) is 10.1 Å². The lowest BCUT2D eigenvalue weighted by Crippen LogP contribution is -2.19. The monoisotopic (exact) mass is 286 g/mol. The van der Waals surface area contributed by atoms with Crippen LogP contribution in [0.15, 0.2) is 6.07 Å². The highest BCUT2D eigenvalue weighted by molar-refractivity contribution is 5.81. The van der Waals surface area contributed by atoms with Crippen molar-refractivity contribution in [2.24, 2.45) is 0 Å². The quantitative estimate of drug-likeness (QED) is 0.368. The molecule has 0 atom stereocenters. The zero-order valence-corrected chi connectivity index (χ0v) is 8.65. The van der Waals surface area contributed by atoms with Crippen LogP contribution >= 0.6 is 0 Å². The van der Waals surface area contributed by atoms with E-state index in [2.05, 4.69) is 9.72 Å². The number of ether oxygens (including phenoxy) is 1. The van der Waals surface area contributed by atoms with Crippen LogP contribution in [-0.2, 0) is 0 Å². The van der Waals surface area contributed by atoms with Gasteiger partial charge in [0.25, 0.3) is 6.43 Å². The molecule has 0 aromatic carbocycles. The molecular weight excluding hydrogens is 283 g/mol. The second-order valence-corrected chi connectivity index (χ2v) is 3.00. The van der Waals surface area contributed by atoms with Crippen LogP contribution in [0.1, 0.15) is 22.6 Å². The van der Waals surface area contributed by atoms with E-state index in [1.165, 1.54) is 0 Å². The Kier molecular flexibility index (Phi) is 3.97. The van der Waals surface area contributed by atoms with Gasteiger partial charge in [0.15, 0.2) is 12.0 Å². The largest absolute Gasteiger partial charge is 0.573 e. The molecule has 0 saturated heterocycles. The van der Waals surface area contributed by atoms with E-state index in [-0.39, 0.29) is 12.4 Å². The first-order valence-electron chi connectivity index (χ1n) is 4.34. The summed E-state index contributed by atoms with van der Waals surface area (Å²) in [5.41, 5.74) is -3.86. The zero-order valence-electron chi connectivity index (χ0n) is 8.65. The molecule has 0 spiro atoms. The Labute approximate surface area is 101 Å². The van der Waals surface area contributed by atoms with Gasteiger partial charge in [-0.05, 0) is 0 Å². The molecule has 6 nitrogen and oxygen atoms in total. The predicted octanol–water partition coefficient (Wildman–Crippen LogP) is 2.64. The molecule has 19 heavy (non-hydrogen) atoms. The molecule has 0 unspecified atom stereocenters. The van der Waals surface area contributed by atoms with Crippen LogP contribution in [0.25, 0.3) is 0 Å². The van der Waals surface area contributed by atoms with Crippen LogP contribution in [-0.4, -0.2) is 22.6 Å². The van der Waals surface area contributed by atoms with Gasteiger partial charge in [-0.2, -0.15) is 0 Å². The number of alkyl halides is 5. The van der Waals surface area contributed by atoms with E-state index in [1.54, 1.807) is 0 Å². The Balaban J connectivity index is 3.50. The van der Waals surface area contributed by atoms with Crippen LogP contribution in [0.5, 0.6) is 5.75 Å². The smallest absolute Gasteiger partial charge is 0.398 e. The number of rotatable bonds is 4. The maximum Gasteiger partial charge on any atom is 0.573 e. The number of aldehydes is 1. The lowest BCUT2D eigenvalue weighted by molar-refractivity contribution is -0.389. The van der Waals surface area contributed by atoms with Gasteiger partial charge in [-0.1, -0.05) is 0 Å². The molecule has 0 fully saturated rings. The molecule has 0 aliphatic rings. The van der Waals surface area contributed by atoms with Crippen molar-refractivity contribution in [3.05, 3.63) is 27.6 Å². The van der Waals surface area contributed by atoms with Crippen LogP contribution in [0.2, 0.25) is 0 Å². The fourth-order valence-corrected chi connectivity index (χ4v) is 1.13. The highest BCUT2D eigenvalue weighted by Gasteiger charge is 2.37. The molecular formula is C8H3F5N2O4. The van der Waals surface area contributed by atoms with Gasteiger partial charge in [-0.3, -0.25) is 14.9 Å². The maximum atomic E-state index is 12.3. The van der Waals surface area contributed by atoms with Crippen molar-refractivity contribution < 1.29 is 36.4 Å². The van der Waals surface area contributed by atoms with Gasteiger partial charge in [-0.15, -0.1) is 13.2 Å². The second kappa shape index (κ2) is 5.12. The topological polar surface area (TPSA) is 82.3 Å². The first-order valence-corrected chi connectivity index (χ1v) is 4.34. The highest BCUT2D eigenvalue weighted by Crippen LogP contribution is 2.36. The van der Waals surface area contributed by atoms with Gasteiger partial charge in [0.2, 0.25) is 5.75 Å². The summed E-state index contributed by atoms with van der Waals surface area (Å²) in [6, 6.07) is 0.0588. The van der Waals surface area contributed by atoms with Gasteiger partial charge in [-0.25, -0.2) is 13.8 Å². The summed E-state index contributed by atoms with van der Waals surface area (Å²) in [6.45, 7) is 0. The summed E-state index contributed by atoms with van der Waals surface area (Å²) >= 11 is 0. The predicted molar refractivity (Wildman–Crippen MR) is 47.9 cm³/mol. The number of halogens is 5. The Morgan fingerprint density at radius 1 is 1.42 bits per heavy atom. The minimum Gasteiger partial charge on any atom is -0.398 e. The standard InChI is InChI=1S/C8H3F5N2O4/c9-7(10)3-1-5(19-8(11,12)13)6(15(17)18)4(2-16)14-3/h1-2,7H. The van der Waals surface area contributed by atoms with Gasteiger partial charge in [0.05, 0.1) is 4.92 Å². The first kappa shape index (κ1) is 14.7. The Hall–Kier alpha value is -2.33. The van der Waals surface area contributed by atoms with Gasteiger partial charge in [0.1, 0.15) is 5.69 Å². The molecule has 0 aliphatic heterocycles. The fourth-order valence-electron chi connectivity index (χ4n) is 1.13. The molecule has 0 bridgehead atoms. The van der Waals surface area contributed by atoms with Crippen molar-refractivity contribution in [3.8, 4) is 5.75 Å². The molecule has 0 saturated carbocycles. The number of nitrogens with zero attached hydrogens (tertiary/aromatic N) is 2. The third kappa shape index (κ3) is 3.56. The molecule has 0 radical (unpaired) electrons. The fraction of sp³-hybridized carbons (Fsp3) is 0.250. The van der Waals surface area contributed by atoms with Crippen molar-refractivity contribution >= 4 is 12.0 Å². The third-order valence-electron chi connectivity index (χ3n) is 1.75. The lowest BCUT2D eigenvalue weighted by atomic mass is 10.2. The molecule has 104 valence electrons.